The predicted octanol–water partition coefficient (Wildman–Crippen LogP) is 4.04. The molecule has 1 saturated heterocycles. The van der Waals surface area contributed by atoms with Gasteiger partial charge in [-0.3, -0.25) is 4.79 Å². The maximum Gasteiger partial charge on any atom is 0.253 e. The number of ether oxygens (including phenoxy) is 1. The van der Waals surface area contributed by atoms with Crippen LogP contribution in [0.25, 0.3) is 10.2 Å². The summed E-state index contributed by atoms with van der Waals surface area (Å²) in [4.78, 5) is 23.3. The van der Waals surface area contributed by atoms with Crippen molar-refractivity contribution in [3.63, 3.8) is 0 Å². The SMILES string of the molecule is Cc1sc2ncnc(NCc3cccc(NC(=O)C4CCCO4)c3)c2c1C. The normalized spacial score (nSPS) is 16.6. The van der Waals surface area contributed by atoms with Crippen LogP contribution in [0.3, 0.4) is 0 Å². The summed E-state index contributed by atoms with van der Waals surface area (Å²) in [7, 11) is 0. The van der Waals surface area contributed by atoms with E-state index in [0.29, 0.717) is 13.2 Å². The molecule has 6 nitrogen and oxygen atoms in total. The van der Waals surface area contributed by atoms with Gasteiger partial charge in [0.1, 0.15) is 23.1 Å². The van der Waals surface area contributed by atoms with Crippen LogP contribution in [0, 0.1) is 13.8 Å². The molecule has 0 radical (unpaired) electrons. The number of thiophene rings is 1. The quantitative estimate of drug-likeness (QED) is 0.696. The maximum atomic E-state index is 12.2. The largest absolute Gasteiger partial charge is 0.368 e. The Morgan fingerprint density at radius 2 is 2.22 bits per heavy atom. The predicted molar refractivity (Wildman–Crippen MR) is 108 cm³/mol. The van der Waals surface area contributed by atoms with Gasteiger partial charge in [-0.2, -0.15) is 0 Å². The van der Waals surface area contributed by atoms with Crippen molar-refractivity contribution >= 4 is 39.0 Å². The first-order valence-electron chi connectivity index (χ1n) is 9.08. The molecular formula is C20H22N4O2S. The summed E-state index contributed by atoms with van der Waals surface area (Å²) in [5, 5.41) is 7.45. The molecule has 0 bridgehead atoms. The molecule has 0 spiro atoms. The van der Waals surface area contributed by atoms with Gasteiger partial charge in [0.15, 0.2) is 0 Å². The minimum Gasteiger partial charge on any atom is -0.368 e. The van der Waals surface area contributed by atoms with E-state index in [4.69, 9.17) is 4.74 Å². The molecule has 1 aliphatic heterocycles. The van der Waals surface area contributed by atoms with E-state index in [1.165, 1.54) is 10.4 Å². The van der Waals surface area contributed by atoms with Crippen molar-refractivity contribution in [2.75, 3.05) is 17.2 Å². The fourth-order valence-electron chi connectivity index (χ4n) is 3.27. The standard InChI is InChI=1S/C20H22N4O2S/c1-12-13(2)27-20-17(12)18(22-11-23-20)21-10-14-5-3-6-15(9-14)24-19(25)16-7-4-8-26-16/h3,5-6,9,11,16H,4,7-8,10H2,1-2H3,(H,24,25)(H,21,22,23). The van der Waals surface area contributed by atoms with E-state index in [0.717, 1.165) is 40.1 Å². The van der Waals surface area contributed by atoms with Crippen molar-refractivity contribution in [3.8, 4) is 0 Å². The highest BCUT2D eigenvalue weighted by Gasteiger charge is 2.23. The topological polar surface area (TPSA) is 76.1 Å². The molecule has 1 fully saturated rings. The first-order valence-corrected chi connectivity index (χ1v) is 9.89. The summed E-state index contributed by atoms with van der Waals surface area (Å²) in [5.74, 6) is 0.773. The zero-order valence-corrected chi connectivity index (χ0v) is 16.2. The summed E-state index contributed by atoms with van der Waals surface area (Å²) < 4.78 is 5.44. The van der Waals surface area contributed by atoms with Gasteiger partial charge in [0.05, 0.1) is 5.39 Å². The first kappa shape index (κ1) is 17.9. The Balaban J connectivity index is 1.47. The zero-order valence-electron chi connectivity index (χ0n) is 15.4. The van der Waals surface area contributed by atoms with Crippen LogP contribution >= 0.6 is 11.3 Å². The number of amides is 1. The Morgan fingerprint density at radius 1 is 1.33 bits per heavy atom. The van der Waals surface area contributed by atoms with Gasteiger partial charge in [0.2, 0.25) is 0 Å². The van der Waals surface area contributed by atoms with E-state index in [1.807, 2.05) is 24.3 Å². The van der Waals surface area contributed by atoms with E-state index in [9.17, 15) is 4.79 Å². The number of aromatic nitrogens is 2. The van der Waals surface area contributed by atoms with Crippen LogP contribution in [0.4, 0.5) is 11.5 Å². The Hall–Kier alpha value is -2.51. The van der Waals surface area contributed by atoms with E-state index in [-0.39, 0.29) is 12.0 Å². The van der Waals surface area contributed by atoms with Gasteiger partial charge in [-0.15, -0.1) is 11.3 Å². The summed E-state index contributed by atoms with van der Waals surface area (Å²) in [6.45, 7) is 5.48. The molecule has 1 aromatic carbocycles. The number of aryl methyl sites for hydroxylation is 2. The van der Waals surface area contributed by atoms with Crippen molar-refractivity contribution in [2.24, 2.45) is 0 Å². The number of anilines is 2. The summed E-state index contributed by atoms with van der Waals surface area (Å²) in [6, 6.07) is 7.84. The van der Waals surface area contributed by atoms with E-state index in [1.54, 1.807) is 17.7 Å². The third-order valence-corrected chi connectivity index (χ3v) is 5.96. The molecule has 7 heteroatoms. The number of hydrogen-bond donors (Lipinski definition) is 2. The number of carbonyl (C=O) groups is 1. The fraction of sp³-hybridized carbons (Fsp3) is 0.350. The summed E-state index contributed by atoms with van der Waals surface area (Å²) in [6.07, 6.45) is 3.00. The molecule has 3 heterocycles. The number of rotatable bonds is 5. The molecule has 0 saturated carbocycles. The van der Waals surface area contributed by atoms with Gasteiger partial charge in [-0.05, 0) is 49.9 Å². The van der Waals surface area contributed by atoms with Crippen LogP contribution in [0.2, 0.25) is 0 Å². The number of fused-ring (bicyclic) bond motifs is 1. The smallest absolute Gasteiger partial charge is 0.253 e. The van der Waals surface area contributed by atoms with Gasteiger partial charge >= 0.3 is 0 Å². The molecule has 2 aromatic heterocycles. The number of benzene rings is 1. The molecule has 0 aliphatic carbocycles. The third kappa shape index (κ3) is 3.79. The molecule has 1 atom stereocenters. The monoisotopic (exact) mass is 382 g/mol. The molecular weight excluding hydrogens is 360 g/mol. The number of hydrogen-bond acceptors (Lipinski definition) is 6. The fourth-order valence-corrected chi connectivity index (χ4v) is 4.27. The molecule has 1 amide bonds. The molecule has 3 aromatic rings. The average molecular weight is 382 g/mol. The van der Waals surface area contributed by atoms with Gasteiger partial charge in [-0.25, -0.2) is 9.97 Å². The molecule has 27 heavy (non-hydrogen) atoms. The summed E-state index contributed by atoms with van der Waals surface area (Å²) >= 11 is 1.69. The summed E-state index contributed by atoms with van der Waals surface area (Å²) in [5.41, 5.74) is 3.07. The Bertz CT molecular complexity index is 979. The third-order valence-electron chi connectivity index (χ3n) is 4.84. The Morgan fingerprint density at radius 3 is 3.04 bits per heavy atom. The minimum atomic E-state index is -0.328. The lowest BCUT2D eigenvalue weighted by Crippen LogP contribution is -2.26. The molecule has 2 N–H and O–H groups in total. The highest BCUT2D eigenvalue weighted by molar-refractivity contribution is 7.18. The van der Waals surface area contributed by atoms with Crippen LogP contribution in [0.5, 0.6) is 0 Å². The van der Waals surface area contributed by atoms with Crippen LogP contribution in [0.1, 0.15) is 28.8 Å². The van der Waals surface area contributed by atoms with Gasteiger partial charge in [0, 0.05) is 23.7 Å². The second-order valence-electron chi connectivity index (χ2n) is 6.73. The molecule has 1 unspecified atom stereocenters. The zero-order chi connectivity index (χ0) is 18.8. The van der Waals surface area contributed by atoms with Crippen molar-refractivity contribution in [1.82, 2.24) is 9.97 Å². The lowest BCUT2D eigenvalue weighted by atomic mass is 10.1. The van der Waals surface area contributed by atoms with Crippen LogP contribution in [0.15, 0.2) is 30.6 Å². The Labute approximate surface area is 162 Å². The van der Waals surface area contributed by atoms with E-state index >= 15 is 0 Å². The molecule has 4 rings (SSSR count). The number of carbonyl (C=O) groups excluding carboxylic acids is 1. The van der Waals surface area contributed by atoms with Gasteiger partial charge in [-0.1, -0.05) is 12.1 Å². The van der Waals surface area contributed by atoms with Crippen LogP contribution in [-0.2, 0) is 16.1 Å². The molecule has 1 aliphatic rings. The van der Waals surface area contributed by atoms with Crippen molar-refractivity contribution in [3.05, 3.63) is 46.6 Å². The van der Waals surface area contributed by atoms with E-state index < -0.39 is 0 Å². The van der Waals surface area contributed by atoms with Crippen molar-refractivity contribution < 1.29 is 9.53 Å². The number of nitrogens with zero attached hydrogens (tertiary/aromatic N) is 2. The first-order chi connectivity index (χ1) is 13.1. The van der Waals surface area contributed by atoms with Crippen molar-refractivity contribution in [2.45, 2.75) is 39.3 Å². The van der Waals surface area contributed by atoms with E-state index in [2.05, 4.69) is 34.4 Å². The van der Waals surface area contributed by atoms with Crippen molar-refractivity contribution in [1.29, 1.82) is 0 Å². The minimum absolute atomic E-state index is 0.0699. The van der Waals surface area contributed by atoms with Crippen LogP contribution in [-0.4, -0.2) is 28.6 Å². The van der Waals surface area contributed by atoms with Gasteiger partial charge in [0.25, 0.3) is 5.91 Å². The van der Waals surface area contributed by atoms with Crippen LogP contribution < -0.4 is 10.6 Å². The number of nitrogens with one attached hydrogen (secondary N) is 2. The van der Waals surface area contributed by atoms with Gasteiger partial charge < -0.3 is 15.4 Å². The average Bonchev–Trinajstić information content (AvgIpc) is 3.30. The Kier molecular flexibility index (Phi) is 5.05. The highest BCUT2D eigenvalue weighted by atomic mass is 32.1. The highest BCUT2D eigenvalue weighted by Crippen LogP contribution is 2.32. The lowest BCUT2D eigenvalue weighted by Gasteiger charge is -2.12. The maximum absolute atomic E-state index is 12.2. The second-order valence-corrected chi connectivity index (χ2v) is 7.93. The second kappa shape index (κ2) is 7.62. The lowest BCUT2D eigenvalue weighted by molar-refractivity contribution is -0.124. The molecule has 140 valence electrons.